The van der Waals surface area contributed by atoms with E-state index in [0.717, 1.165) is 49.2 Å². The summed E-state index contributed by atoms with van der Waals surface area (Å²) < 4.78 is 13.2. The van der Waals surface area contributed by atoms with Gasteiger partial charge in [0.1, 0.15) is 28.9 Å². The molecule has 0 saturated carbocycles. The van der Waals surface area contributed by atoms with Crippen LogP contribution in [-0.2, 0) is 0 Å². The molecule has 176 valence electrons. The Morgan fingerprint density at radius 3 is 2.06 bits per heavy atom. The Morgan fingerprint density at radius 2 is 1.42 bits per heavy atom. The lowest BCUT2D eigenvalue weighted by atomic mass is 9.97. The molecule has 0 radical (unpaired) electrons. The molecular weight excluding hydrogens is 512 g/mol. The molecule has 36 heavy (non-hydrogen) atoms. The van der Waals surface area contributed by atoms with E-state index in [4.69, 9.17) is 8.83 Å². The average Bonchev–Trinajstić information content (AvgIpc) is 3.50. The number of aliphatic imine (C=N–C) groups is 1. The van der Waals surface area contributed by atoms with Crippen LogP contribution in [-0.4, -0.2) is 6.21 Å². The number of nitriles is 1. The van der Waals surface area contributed by atoms with Crippen LogP contribution in [0.25, 0.3) is 33.8 Å². The van der Waals surface area contributed by atoms with Gasteiger partial charge in [-0.3, -0.25) is 0 Å². The summed E-state index contributed by atoms with van der Waals surface area (Å²) in [6.45, 7) is 6.12. The first-order chi connectivity index (χ1) is 17.4. The molecule has 2 heterocycles. The molecule has 0 atom stereocenters. The number of furan rings is 2. The second-order valence-electron chi connectivity index (χ2n) is 8.75. The highest BCUT2D eigenvalue weighted by molar-refractivity contribution is 9.10. The van der Waals surface area contributed by atoms with E-state index < -0.39 is 0 Å². The van der Waals surface area contributed by atoms with Crippen LogP contribution in [0.5, 0.6) is 0 Å². The van der Waals surface area contributed by atoms with Gasteiger partial charge in [0.2, 0.25) is 5.88 Å². The molecular formula is C31H23BrN2O2. The predicted molar refractivity (Wildman–Crippen MR) is 148 cm³/mol. The summed E-state index contributed by atoms with van der Waals surface area (Å²) in [6, 6.07) is 28.3. The largest absolute Gasteiger partial charge is 0.455 e. The number of nitrogens with zero attached hydrogens (tertiary/aromatic N) is 2. The Morgan fingerprint density at radius 1 is 0.778 bits per heavy atom. The van der Waals surface area contributed by atoms with Gasteiger partial charge in [-0.05, 0) is 50.1 Å². The maximum absolute atomic E-state index is 10.1. The maximum Gasteiger partial charge on any atom is 0.238 e. The molecule has 0 unspecified atom stereocenters. The summed E-state index contributed by atoms with van der Waals surface area (Å²) in [4.78, 5) is 4.54. The number of rotatable bonds is 5. The quantitative estimate of drug-likeness (QED) is 0.211. The highest BCUT2D eigenvalue weighted by Gasteiger charge is 2.23. The normalized spacial score (nSPS) is 11.2. The van der Waals surface area contributed by atoms with E-state index in [2.05, 4.69) is 27.0 Å². The second kappa shape index (κ2) is 9.85. The summed E-state index contributed by atoms with van der Waals surface area (Å²) in [5.74, 6) is 2.17. The Labute approximate surface area is 218 Å². The molecule has 5 heteroatoms. The van der Waals surface area contributed by atoms with Gasteiger partial charge < -0.3 is 8.83 Å². The van der Waals surface area contributed by atoms with Gasteiger partial charge in [0.05, 0.1) is 6.21 Å². The SMILES string of the molecule is Cc1ccc(-c2oc(N=Cc3ccc(-c4ccc(C)c(Br)c4)o3)c(C#N)c2-c2ccc(C)cc2)cc1. The maximum atomic E-state index is 10.1. The zero-order chi connectivity index (χ0) is 25.2. The van der Waals surface area contributed by atoms with Crippen molar-refractivity contribution < 1.29 is 8.83 Å². The van der Waals surface area contributed by atoms with Gasteiger partial charge in [0.15, 0.2) is 0 Å². The van der Waals surface area contributed by atoms with E-state index in [-0.39, 0.29) is 5.88 Å². The van der Waals surface area contributed by atoms with Crippen molar-refractivity contribution in [2.24, 2.45) is 4.99 Å². The predicted octanol–water partition coefficient (Wildman–Crippen LogP) is 9.18. The number of hydrogen-bond donors (Lipinski definition) is 0. The van der Waals surface area contributed by atoms with Crippen molar-refractivity contribution in [1.29, 1.82) is 5.26 Å². The van der Waals surface area contributed by atoms with Gasteiger partial charge in [-0.1, -0.05) is 87.7 Å². The third kappa shape index (κ3) is 4.68. The van der Waals surface area contributed by atoms with Crippen molar-refractivity contribution >= 4 is 28.0 Å². The summed E-state index contributed by atoms with van der Waals surface area (Å²) >= 11 is 3.57. The molecule has 0 N–H and O–H groups in total. The molecule has 0 spiro atoms. The highest BCUT2D eigenvalue weighted by atomic mass is 79.9. The van der Waals surface area contributed by atoms with Crippen LogP contribution in [0.1, 0.15) is 28.0 Å². The minimum Gasteiger partial charge on any atom is -0.455 e. The Kier molecular flexibility index (Phi) is 6.45. The molecule has 5 rings (SSSR count). The van der Waals surface area contributed by atoms with E-state index in [9.17, 15) is 5.26 Å². The lowest BCUT2D eigenvalue weighted by molar-refractivity contribution is 0.572. The fourth-order valence-electron chi connectivity index (χ4n) is 3.96. The summed E-state index contributed by atoms with van der Waals surface area (Å²) in [5.41, 5.74) is 7.33. The zero-order valence-corrected chi connectivity index (χ0v) is 21.8. The molecule has 0 saturated heterocycles. The molecule has 0 aliphatic rings. The van der Waals surface area contributed by atoms with E-state index in [0.29, 0.717) is 17.1 Å². The van der Waals surface area contributed by atoms with Gasteiger partial charge in [0.25, 0.3) is 0 Å². The summed E-state index contributed by atoms with van der Waals surface area (Å²) in [7, 11) is 0. The standard InChI is InChI=1S/C31H23BrN2O2/c1-19-4-9-22(10-5-19)29-26(17-33)31(36-30(29)23-11-6-20(2)7-12-23)34-18-25-14-15-28(35-25)24-13-8-21(3)27(32)16-24/h4-16,18H,1-3H3. The van der Waals surface area contributed by atoms with Crippen molar-refractivity contribution in [3.8, 4) is 39.8 Å². The van der Waals surface area contributed by atoms with Crippen LogP contribution < -0.4 is 0 Å². The first-order valence-electron chi connectivity index (χ1n) is 11.5. The van der Waals surface area contributed by atoms with E-state index in [1.165, 1.54) is 0 Å². The van der Waals surface area contributed by atoms with Crippen molar-refractivity contribution in [3.63, 3.8) is 0 Å². The van der Waals surface area contributed by atoms with E-state index in [1.54, 1.807) is 6.21 Å². The monoisotopic (exact) mass is 534 g/mol. The van der Waals surface area contributed by atoms with Crippen LogP contribution in [0.3, 0.4) is 0 Å². The molecule has 2 aromatic heterocycles. The topological polar surface area (TPSA) is 62.4 Å². The van der Waals surface area contributed by atoms with Gasteiger partial charge in [-0.15, -0.1) is 0 Å². The molecule has 0 bridgehead atoms. The third-order valence-corrected chi connectivity index (χ3v) is 6.90. The fraction of sp³-hybridized carbons (Fsp3) is 0.0968. The summed E-state index contributed by atoms with van der Waals surface area (Å²) in [5, 5.41) is 10.1. The van der Waals surface area contributed by atoms with Crippen molar-refractivity contribution in [3.05, 3.63) is 111 Å². The molecule has 0 fully saturated rings. The Bertz CT molecular complexity index is 1620. The molecule has 5 aromatic rings. The Hall–Kier alpha value is -4.14. The molecule has 0 aliphatic heterocycles. The van der Waals surface area contributed by atoms with E-state index >= 15 is 0 Å². The minimum atomic E-state index is 0.250. The van der Waals surface area contributed by atoms with Crippen LogP contribution in [0.15, 0.2) is 97.2 Å². The lowest BCUT2D eigenvalue weighted by Gasteiger charge is -2.05. The van der Waals surface area contributed by atoms with Crippen LogP contribution in [0, 0.1) is 32.1 Å². The summed E-state index contributed by atoms with van der Waals surface area (Å²) in [6.07, 6.45) is 1.59. The number of benzene rings is 3. The minimum absolute atomic E-state index is 0.250. The molecule has 0 amide bonds. The van der Waals surface area contributed by atoms with Crippen LogP contribution in [0.4, 0.5) is 5.88 Å². The van der Waals surface area contributed by atoms with Gasteiger partial charge in [0, 0.05) is 21.2 Å². The lowest BCUT2D eigenvalue weighted by Crippen LogP contribution is -1.85. The average molecular weight is 535 g/mol. The fourth-order valence-corrected chi connectivity index (χ4v) is 4.34. The second-order valence-corrected chi connectivity index (χ2v) is 9.61. The number of halogens is 1. The number of hydrogen-bond acceptors (Lipinski definition) is 4. The van der Waals surface area contributed by atoms with Crippen molar-refractivity contribution in [1.82, 2.24) is 0 Å². The molecule has 3 aromatic carbocycles. The van der Waals surface area contributed by atoms with Gasteiger partial charge in [-0.25, -0.2) is 4.99 Å². The van der Waals surface area contributed by atoms with Crippen LogP contribution >= 0.6 is 15.9 Å². The first-order valence-corrected chi connectivity index (χ1v) is 12.3. The zero-order valence-electron chi connectivity index (χ0n) is 20.2. The van der Waals surface area contributed by atoms with Gasteiger partial charge >= 0.3 is 0 Å². The Balaban J connectivity index is 1.56. The first kappa shape index (κ1) is 23.6. The third-order valence-electron chi connectivity index (χ3n) is 6.05. The van der Waals surface area contributed by atoms with Crippen molar-refractivity contribution in [2.75, 3.05) is 0 Å². The number of aryl methyl sites for hydroxylation is 3. The van der Waals surface area contributed by atoms with Gasteiger partial charge in [-0.2, -0.15) is 5.26 Å². The molecule has 0 aliphatic carbocycles. The molecule has 4 nitrogen and oxygen atoms in total. The highest BCUT2D eigenvalue weighted by Crippen LogP contribution is 2.42. The van der Waals surface area contributed by atoms with E-state index in [1.807, 2.05) is 99.6 Å². The van der Waals surface area contributed by atoms with Crippen molar-refractivity contribution in [2.45, 2.75) is 20.8 Å². The van der Waals surface area contributed by atoms with Crippen LogP contribution in [0.2, 0.25) is 0 Å². The smallest absolute Gasteiger partial charge is 0.238 e.